The zero-order chi connectivity index (χ0) is 18.4. The lowest BCUT2D eigenvalue weighted by Crippen LogP contribution is -2.27. The average Bonchev–Trinajstić information content (AvgIpc) is 2.98. The van der Waals surface area contributed by atoms with Crippen molar-refractivity contribution in [2.24, 2.45) is 0 Å². The van der Waals surface area contributed by atoms with Crippen molar-refractivity contribution in [1.82, 2.24) is 5.32 Å². The SMILES string of the molecule is CCOC(=O)CCCNC(=O)OCC1c2ccccc2-c2ccccc21. The minimum Gasteiger partial charge on any atom is -0.466 e. The lowest BCUT2D eigenvalue weighted by atomic mass is 9.98. The molecule has 2 aromatic carbocycles. The van der Waals surface area contributed by atoms with Crippen molar-refractivity contribution in [3.8, 4) is 11.1 Å². The van der Waals surface area contributed by atoms with Crippen molar-refractivity contribution in [2.75, 3.05) is 19.8 Å². The third-order valence-corrected chi connectivity index (χ3v) is 4.48. The number of esters is 1. The van der Waals surface area contributed by atoms with Crippen molar-refractivity contribution in [1.29, 1.82) is 0 Å². The van der Waals surface area contributed by atoms with Crippen LogP contribution in [-0.4, -0.2) is 31.8 Å². The molecule has 0 aromatic heterocycles. The summed E-state index contributed by atoms with van der Waals surface area (Å²) in [4.78, 5) is 23.2. The molecule has 0 aliphatic heterocycles. The third kappa shape index (κ3) is 4.04. The first-order valence-corrected chi connectivity index (χ1v) is 8.95. The summed E-state index contributed by atoms with van der Waals surface area (Å²) in [5, 5.41) is 2.68. The maximum absolute atomic E-state index is 11.9. The third-order valence-electron chi connectivity index (χ3n) is 4.48. The summed E-state index contributed by atoms with van der Waals surface area (Å²) >= 11 is 0. The van der Waals surface area contributed by atoms with Gasteiger partial charge in [0, 0.05) is 18.9 Å². The number of ether oxygens (including phenoxy) is 2. The number of alkyl carbamates (subject to hydrolysis) is 1. The minimum atomic E-state index is -0.462. The van der Waals surface area contributed by atoms with Crippen LogP contribution in [0.3, 0.4) is 0 Å². The molecule has 0 heterocycles. The van der Waals surface area contributed by atoms with E-state index in [1.165, 1.54) is 22.3 Å². The first-order chi connectivity index (χ1) is 12.7. The van der Waals surface area contributed by atoms with Crippen LogP contribution in [0.5, 0.6) is 0 Å². The van der Waals surface area contributed by atoms with E-state index in [0.29, 0.717) is 19.6 Å². The fourth-order valence-electron chi connectivity index (χ4n) is 3.31. The van der Waals surface area contributed by atoms with Gasteiger partial charge in [0.05, 0.1) is 6.61 Å². The highest BCUT2D eigenvalue weighted by molar-refractivity contribution is 5.79. The molecule has 3 rings (SSSR count). The lowest BCUT2D eigenvalue weighted by Gasteiger charge is -2.14. The van der Waals surface area contributed by atoms with Gasteiger partial charge >= 0.3 is 12.1 Å². The highest BCUT2D eigenvalue weighted by Crippen LogP contribution is 2.44. The monoisotopic (exact) mass is 353 g/mol. The zero-order valence-corrected chi connectivity index (χ0v) is 14.9. The van der Waals surface area contributed by atoms with Crippen LogP contribution in [0.2, 0.25) is 0 Å². The summed E-state index contributed by atoms with van der Waals surface area (Å²) in [7, 11) is 0. The number of hydrogen-bond acceptors (Lipinski definition) is 4. The molecule has 1 aliphatic carbocycles. The molecule has 136 valence electrons. The average molecular weight is 353 g/mol. The van der Waals surface area contributed by atoms with Crippen LogP contribution in [0.15, 0.2) is 48.5 Å². The molecule has 2 aromatic rings. The Labute approximate surface area is 153 Å². The van der Waals surface area contributed by atoms with E-state index in [4.69, 9.17) is 9.47 Å². The van der Waals surface area contributed by atoms with E-state index in [1.807, 2.05) is 24.3 Å². The van der Waals surface area contributed by atoms with Crippen LogP contribution >= 0.6 is 0 Å². The molecule has 1 N–H and O–H groups in total. The molecule has 0 bridgehead atoms. The predicted molar refractivity (Wildman–Crippen MR) is 98.9 cm³/mol. The number of fused-ring (bicyclic) bond motifs is 3. The molecular weight excluding hydrogens is 330 g/mol. The predicted octanol–water partition coefficient (Wildman–Crippen LogP) is 3.87. The maximum Gasteiger partial charge on any atom is 0.407 e. The summed E-state index contributed by atoms with van der Waals surface area (Å²) in [6.45, 7) is 2.82. The van der Waals surface area contributed by atoms with Gasteiger partial charge in [-0.25, -0.2) is 4.79 Å². The molecule has 0 saturated heterocycles. The number of carbonyl (C=O) groups excluding carboxylic acids is 2. The van der Waals surface area contributed by atoms with Crippen LogP contribution < -0.4 is 5.32 Å². The molecular formula is C21H23NO4. The number of carbonyl (C=O) groups is 2. The van der Waals surface area contributed by atoms with Crippen LogP contribution in [0.1, 0.15) is 36.8 Å². The van der Waals surface area contributed by atoms with E-state index in [2.05, 4.69) is 29.6 Å². The Kier molecular flexibility index (Phi) is 5.89. The molecule has 0 atom stereocenters. The van der Waals surface area contributed by atoms with E-state index >= 15 is 0 Å². The van der Waals surface area contributed by atoms with Gasteiger partial charge in [0.2, 0.25) is 0 Å². The molecule has 0 saturated carbocycles. The fraction of sp³-hybridized carbons (Fsp3) is 0.333. The van der Waals surface area contributed by atoms with Crippen molar-refractivity contribution >= 4 is 12.1 Å². The summed E-state index contributed by atoms with van der Waals surface area (Å²) in [6.07, 6.45) is 0.358. The second-order valence-electron chi connectivity index (χ2n) is 6.16. The quantitative estimate of drug-likeness (QED) is 0.606. The number of benzene rings is 2. The summed E-state index contributed by atoms with van der Waals surface area (Å²) in [5.41, 5.74) is 4.77. The van der Waals surface area contributed by atoms with Gasteiger partial charge in [-0.05, 0) is 35.6 Å². The molecule has 5 nitrogen and oxygen atoms in total. The lowest BCUT2D eigenvalue weighted by molar-refractivity contribution is -0.143. The van der Waals surface area contributed by atoms with E-state index in [9.17, 15) is 9.59 Å². The van der Waals surface area contributed by atoms with Crippen LogP contribution in [0.4, 0.5) is 4.79 Å². The van der Waals surface area contributed by atoms with Crippen LogP contribution in [0.25, 0.3) is 11.1 Å². The first kappa shape index (κ1) is 18.0. The molecule has 0 radical (unpaired) electrons. The topological polar surface area (TPSA) is 64.6 Å². The highest BCUT2D eigenvalue weighted by Gasteiger charge is 2.28. The van der Waals surface area contributed by atoms with Gasteiger partial charge in [-0.15, -0.1) is 0 Å². The van der Waals surface area contributed by atoms with E-state index in [1.54, 1.807) is 6.92 Å². The Balaban J connectivity index is 1.52. The van der Waals surface area contributed by atoms with Gasteiger partial charge in [0.1, 0.15) is 6.61 Å². The molecule has 1 aliphatic rings. The molecule has 1 amide bonds. The Bertz CT molecular complexity index is 742. The second kappa shape index (κ2) is 8.52. The Morgan fingerprint density at radius 1 is 0.962 bits per heavy atom. The first-order valence-electron chi connectivity index (χ1n) is 8.95. The van der Waals surface area contributed by atoms with Gasteiger partial charge in [0.15, 0.2) is 0 Å². The van der Waals surface area contributed by atoms with E-state index in [-0.39, 0.29) is 24.9 Å². The Hall–Kier alpha value is -2.82. The van der Waals surface area contributed by atoms with E-state index in [0.717, 1.165) is 0 Å². The van der Waals surface area contributed by atoms with Gasteiger partial charge in [-0.3, -0.25) is 4.79 Å². The molecule has 5 heteroatoms. The summed E-state index contributed by atoms with van der Waals surface area (Å²) < 4.78 is 10.3. The standard InChI is InChI=1S/C21H23NO4/c1-2-25-20(23)12-7-13-22-21(24)26-14-19-17-10-5-3-8-15(17)16-9-4-6-11-18(16)19/h3-6,8-11,19H,2,7,12-14H2,1H3,(H,22,24). The molecule has 26 heavy (non-hydrogen) atoms. The van der Waals surface area contributed by atoms with Crippen LogP contribution in [-0.2, 0) is 14.3 Å². The van der Waals surface area contributed by atoms with Gasteiger partial charge in [-0.1, -0.05) is 48.5 Å². The molecule has 0 unspecified atom stereocenters. The van der Waals surface area contributed by atoms with Crippen molar-refractivity contribution in [2.45, 2.75) is 25.7 Å². The second-order valence-corrected chi connectivity index (χ2v) is 6.16. The number of nitrogens with one attached hydrogen (secondary N) is 1. The largest absolute Gasteiger partial charge is 0.466 e. The molecule has 0 fully saturated rings. The van der Waals surface area contributed by atoms with Gasteiger partial charge in [0.25, 0.3) is 0 Å². The number of hydrogen-bond donors (Lipinski definition) is 1. The van der Waals surface area contributed by atoms with Crippen LogP contribution in [0, 0.1) is 0 Å². The van der Waals surface area contributed by atoms with Crippen molar-refractivity contribution in [3.63, 3.8) is 0 Å². The Morgan fingerprint density at radius 2 is 1.58 bits per heavy atom. The summed E-state index contributed by atoms with van der Waals surface area (Å²) in [5.74, 6) is -0.200. The summed E-state index contributed by atoms with van der Waals surface area (Å²) in [6, 6.07) is 16.4. The van der Waals surface area contributed by atoms with Crippen molar-refractivity contribution in [3.05, 3.63) is 59.7 Å². The smallest absolute Gasteiger partial charge is 0.407 e. The number of amides is 1. The zero-order valence-electron chi connectivity index (χ0n) is 14.9. The maximum atomic E-state index is 11.9. The van der Waals surface area contributed by atoms with Gasteiger partial charge < -0.3 is 14.8 Å². The van der Waals surface area contributed by atoms with Crippen molar-refractivity contribution < 1.29 is 19.1 Å². The number of rotatable bonds is 7. The van der Waals surface area contributed by atoms with E-state index < -0.39 is 6.09 Å². The normalized spacial score (nSPS) is 12.2. The highest BCUT2D eigenvalue weighted by atomic mass is 16.5. The Morgan fingerprint density at radius 3 is 2.19 bits per heavy atom. The fourth-order valence-corrected chi connectivity index (χ4v) is 3.31. The molecule has 0 spiro atoms. The minimum absolute atomic E-state index is 0.0488. The van der Waals surface area contributed by atoms with Gasteiger partial charge in [-0.2, -0.15) is 0 Å².